The minimum atomic E-state index is -0.279. The summed E-state index contributed by atoms with van der Waals surface area (Å²) in [5.41, 5.74) is 1.46. The molecule has 0 spiro atoms. The van der Waals surface area contributed by atoms with E-state index in [0.717, 1.165) is 19.4 Å². The molecule has 0 aliphatic heterocycles. The van der Waals surface area contributed by atoms with Gasteiger partial charge in [0.2, 0.25) is 0 Å². The molecule has 0 saturated carbocycles. The molecule has 1 unspecified atom stereocenters. The molecule has 0 heterocycles. The monoisotopic (exact) mass is 184 g/mol. The quantitative estimate of drug-likeness (QED) is 0.681. The van der Waals surface area contributed by atoms with Crippen molar-refractivity contribution in [2.24, 2.45) is 5.41 Å². The lowest BCUT2D eigenvalue weighted by Gasteiger charge is -2.32. The van der Waals surface area contributed by atoms with Gasteiger partial charge >= 0.3 is 0 Å². The molecule has 0 bridgehead atoms. The van der Waals surface area contributed by atoms with E-state index in [0.29, 0.717) is 6.61 Å². The zero-order valence-corrected chi connectivity index (χ0v) is 8.84. The molecular weight excluding hydrogens is 164 g/mol. The van der Waals surface area contributed by atoms with Crippen LogP contribution in [0, 0.1) is 5.41 Å². The lowest BCUT2D eigenvalue weighted by molar-refractivity contribution is 0.119. The second kappa shape index (κ2) is 4.25. The molecular formula is C11H20O2. The van der Waals surface area contributed by atoms with Crippen LogP contribution < -0.4 is 0 Å². The van der Waals surface area contributed by atoms with Crippen molar-refractivity contribution in [2.45, 2.75) is 39.7 Å². The SMILES string of the molecule is CCOCC1=CC(O)CC(C)(C)C1. The first kappa shape index (κ1) is 10.7. The molecule has 13 heavy (non-hydrogen) atoms. The Balaban J connectivity index is 2.53. The van der Waals surface area contributed by atoms with E-state index >= 15 is 0 Å². The second-order valence-electron chi connectivity index (χ2n) is 4.57. The normalized spacial score (nSPS) is 27.1. The number of rotatable bonds is 3. The summed E-state index contributed by atoms with van der Waals surface area (Å²) < 4.78 is 5.34. The number of aliphatic hydroxyl groups excluding tert-OH is 1. The fourth-order valence-corrected chi connectivity index (χ4v) is 1.98. The standard InChI is InChI=1S/C11H20O2/c1-4-13-8-9-5-10(12)7-11(2,3)6-9/h5,10,12H,4,6-8H2,1-3H3. The molecule has 0 saturated heterocycles. The van der Waals surface area contributed by atoms with Gasteiger partial charge in [-0.1, -0.05) is 19.9 Å². The van der Waals surface area contributed by atoms with Gasteiger partial charge in [0.1, 0.15) is 0 Å². The minimum Gasteiger partial charge on any atom is -0.389 e. The number of hydrogen-bond acceptors (Lipinski definition) is 2. The van der Waals surface area contributed by atoms with Crippen molar-refractivity contribution in [3.63, 3.8) is 0 Å². The molecule has 1 aliphatic rings. The van der Waals surface area contributed by atoms with Crippen LogP contribution in [0.3, 0.4) is 0 Å². The van der Waals surface area contributed by atoms with Crippen molar-refractivity contribution in [1.82, 2.24) is 0 Å². The molecule has 0 aromatic carbocycles. The van der Waals surface area contributed by atoms with E-state index in [1.165, 1.54) is 5.57 Å². The average Bonchev–Trinajstić information content (AvgIpc) is 1.97. The zero-order valence-electron chi connectivity index (χ0n) is 8.84. The van der Waals surface area contributed by atoms with Crippen LogP contribution in [0.4, 0.5) is 0 Å². The van der Waals surface area contributed by atoms with Crippen molar-refractivity contribution in [2.75, 3.05) is 13.2 Å². The molecule has 2 heteroatoms. The topological polar surface area (TPSA) is 29.5 Å². The van der Waals surface area contributed by atoms with Crippen LogP contribution in [0.5, 0.6) is 0 Å². The van der Waals surface area contributed by atoms with Gasteiger partial charge < -0.3 is 9.84 Å². The highest BCUT2D eigenvalue weighted by atomic mass is 16.5. The predicted octanol–water partition coefficient (Wildman–Crippen LogP) is 2.13. The Kier molecular flexibility index (Phi) is 3.51. The highest BCUT2D eigenvalue weighted by Crippen LogP contribution is 2.35. The smallest absolute Gasteiger partial charge is 0.0729 e. The van der Waals surface area contributed by atoms with Gasteiger partial charge in [0.05, 0.1) is 12.7 Å². The van der Waals surface area contributed by atoms with E-state index in [2.05, 4.69) is 13.8 Å². The molecule has 0 aromatic rings. The van der Waals surface area contributed by atoms with E-state index in [4.69, 9.17) is 4.74 Å². The van der Waals surface area contributed by atoms with Crippen LogP contribution in [0.1, 0.15) is 33.6 Å². The summed E-state index contributed by atoms with van der Waals surface area (Å²) in [7, 11) is 0. The summed E-state index contributed by atoms with van der Waals surface area (Å²) >= 11 is 0. The summed E-state index contributed by atoms with van der Waals surface area (Å²) in [6, 6.07) is 0. The summed E-state index contributed by atoms with van der Waals surface area (Å²) in [6.07, 6.45) is 3.58. The highest BCUT2D eigenvalue weighted by Gasteiger charge is 2.27. The van der Waals surface area contributed by atoms with Crippen molar-refractivity contribution >= 4 is 0 Å². The maximum absolute atomic E-state index is 9.58. The van der Waals surface area contributed by atoms with E-state index in [1.54, 1.807) is 0 Å². The summed E-state index contributed by atoms with van der Waals surface area (Å²) in [5.74, 6) is 0. The van der Waals surface area contributed by atoms with Gasteiger partial charge in [0.25, 0.3) is 0 Å². The van der Waals surface area contributed by atoms with Crippen molar-refractivity contribution in [3.05, 3.63) is 11.6 Å². The van der Waals surface area contributed by atoms with Crippen LogP contribution in [0.2, 0.25) is 0 Å². The van der Waals surface area contributed by atoms with Crippen LogP contribution in [-0.2, 0) is 4.74 Å². The molecule has 1 N–H and O–H groups in total. The summed E-state index contributed by atoms with van der Waals surface area (Å²) in [4.78, 5) is 0. The number of aliphatic hydroxyl groups is 1. The Morgan fingerprint density at radius 3 is 2.85 bits per heavy atom. The summed E-state index contributed by atoms with van der Waals surface area (Å²) in [6.45, 7) is 7.79. The first-order valence-electron chi connectivity index (χ1n) is 4.99. The Bertz CT molecular complexity index is 194. The Labute approximate surface area is 80.6 Å². The van der Waals surface area contributed by atoms with Crippen LogP contribution in [0.25, 0.3) is 0 Å². The van der Waals surface area contributed by atoms with Gasteiger partial charge in [-0.2, -0.15) is 0 Å². The number of hydrogen-bond donors (Lipinski definition) is 1. The Morgan fingerprint density at radius 2 is 2.31 bits per heavy atom. The largest absolute Gasteiger partial charge is 0.389 e. The molecule has 0 amide bonds. The van der Waals surface area contributed by atoms with E-state index < -0.39 is 0 Å². The van der Waals surface area contributed by atoms with Crippen LogP contribution in [0.15, 0.2) is 11.6 Å². The van der Waals surface area contributed by atoms with Crippen molar-refractivity contribution < 1.29 is 9.84 Å². The lowest BCUT2D eigenvalue weighted by atomic mass is 9.76. The second-order valence-corrected chi connectivity index (χ2v) is 4.57. The van der Waals surface area contributed by atoms with Crippen molar-refractivity contribution in [1.29, 1.82) is 0 Å². The Hall–Kier alpha value is -0.340. The van der Waals surface area contributed by atoms with E-state index in [9.17, 15) is 5.11 Å². The van der Waals surface area contributed by atoms with Crippen LogP contribution >= 0.6 is 0 Å². The summed E-state index contributed by atoms with van der Waals surface area (Å²) in [5, 5.41) is 9.58. The molecule has 0 radical (unpaired) electrons. The third-order valence-electron chi connectivity index (χ3n) is 2.39. The van der Waals surface area contributed by atoms with Gasteiger partial charge in [-0.25, -0.2) is 0 Å². The minimum absolute atomic E-state index is 0.223. The van der Waals surface area contributed by atoms with Crippen LogP contribution in [-0.4, -0.2) is 24.4 Å². The number of ether oxygens (including phenoxy) is 1. The third-order valence-corrected chi connectivity index (χ3v) is 2.39. The van der Waals surface area contributed by atoms with Gasteiger partial charge in [-0.05, 0) is 30.8 Å². The molecule has 1 rings (SSSR count). The molecule has 1 atom stereocenters. The maximum Gasteiger partial charge on any atom is 0.0729 e. The lowest BCUT2D eigenvalue weighted by Crippen LogP contribution is -2.26. The molecule has 0 fully saturated rings. The zero-order chi connectivity index (χ0) is 9.90. The average molecular weight is 184 g/mol. The van der Waals surface area contributed by atoms with Gasteiger partial charge in [-0.3, -0.25) is 0 Å². The van der Waals surface area contributed by atoms with Gasteiger partial charge in [-0.15, -0.1) is 0 Å². The Morgan fingerprint density at radius 1 is 1.62 bits per heavy atom. The van der Waals surface area contributed by atoms with E-state index in [1.807, 2.05) is 13.0 Å². The fraction of sp³-hybridized carbons (Fsp3) is 0.818. The molecule has 2 nitrogen and oxygen atoms in total. The van der Waals surface area contributed by atoms with Gasteiger partial charge in [0.15, 0.2) is 0 Å². The fourth-order valence-electron chi connectivity index (χ4n) is 1.98. The molecule has 76 valence electrons. The first-order chi connectivity index (χ1) is 6.03. The highest BCUT2D eigenvalue weighted by molar-refractivity contribution is 5.13. The predicted molar refractivity (Wildman–Crippen MR) is 53.6 cm³/mol. The van der Waals surface area contributed by atoms with Crippen molar-refractivity contribution in [3.8, 4) is 0 Å². The third kappa shape index (κ3) is 3.49. The molecule has 0 aromatic heterocycles. The maximum atomic E-state index is 9.58. The van der Waals surface area contributed by atoms with E-state index in [-0.39, 0.29) is 11.5 Å². The molecule has 1 aliphatic carbocycles. The first-order valence-corrected chi connectivity index (χ1v) is 4.99. The van der Waals surface area contributed by atoms with Gasteiger partial charge in [0, 0.05) is 6.61 Å².